The van der Waals surface area contributed by atoms with E-state index >= 15 is 0 Å². The van der Waals surface area contributed by atoms with Crippen molar-refractivity contribution in [2.75, 3.05) is 0 Å². The lowest BCUT2D eigenvalue weighted by Crippen LogP contribution is -2.22. The van der Waals surface area contributed by atoms with Gasteiger partial charge >= 0.3 is 0 Å². The van der Waals surface area contributed by atoms with Gasteiger partial charge in [0, 0.05) is 4.88 Å². The lowest BCUT2D eigenvalue weighted by molar-refractivity contribution is 0.509. The quantitative estimate of drug-likeness (QED) is 0.720. The van der Waals surface area contributed by atoms with E-state index in [1.165, 1.54) is 10.4 Å². The molecule has 0 spiro atoms. The smallest absolute Gasteiger partial charge is 0.262 e. The first-order valence-corrected chi connectivity index (χ1v) is 8.96. The Kier molecular flexibility index (Phi) is 3.70. The Morgan fingerprint density at radius 1 is 1.38 bits per heavy atom. The second-order valence-electron chi connectivity index (χ2n) is 6.52. The monoisotopic (exact) mass is 335 g/mol. The average Bonchev–Trinajstić information content (AvgIpc) is 2.96. The summed E-state index contributed by atoms with van der Waals surface area (Å²) >= 11 is 1.68. The van der Waals surface area contributed by atoms with Crippen LogP contribution in [0.2, 0.25) is 0 Å². The van der Waals surface area contributed by atoms with E-state index in [1.807, 2.05) is 12.1 Å². The van der Waals surface area contributed by atoms with E-state index in [-0.39, 0.29) is 5.56 Å². The summed E-state index contributed by atoms with van der Waals surface area (Å²) in [5.41, 5.74) is 2.90. The van der Waals surface area contributed by atoms with Crippen molar-refractivity contribution in [2.24, 2.45) is 5.92 Å². The van der Waals surface area contributed by atoms with E-state index in [1.54, 1.807) is 34.4 Å². The predicted molar refractivity (Wildman–Crippen MR) is 95.3 cm³/mol. The van der Waals surface area contributed by atoms with Gasteiger partial charge in [0.05, 0.1) is 29.9 Å². The predicted octanol–water partition coefficient (Wildman–Crippen LogP) is 3.50. The van der Waals surface area contributed by atoms with Gasteiger partial charge in [0.25, 0.3) is 5.56 Å². The minimum Gasteiger partial charge on any atom is -0.294 e. The lowest BCUT2D eigenvalue weighted by atomic mass is 9.89. The van der Waals surface area contributed by atoms with Crippen LogP contribution in [-0.4, -0.2) is 9.55 Å². The molecule has 2 aromatic heterocycles. The summed E-state index contributed by atoms with van der Waals surface area (Å²) in [6.07, 6.45) is 4.83. The number of benzene rings is 1. The molecule has 24 heavy (non-hydrogen) atoms. The van der Waals surface area contributed by atoms with Crippen molar-refractivity contribution in [3.63, 3.8) is 0 Å². The minimum atomic E-state index is 0.0522. The number of hydrogen-bond donors (Lipinski definition) is 0. The largest absolute Gasteiger partial charge is 0.294 e. The molecule has 120 valence electrons. The van der Waals surface area contributed by atoms with E-state index in [0.29, 0.717) is 18.0 Å². The fourth-order valence-corrected chi connectivity index (χ4v) is 4.70. The van der Waals surface area contributed by atoms with Crippen molar-refractivity contribution in [1.82, 2.24) is 9.55 Å². The maximum absolute atomic E-state index is 12.9. The SMILES string of the molecule is C[C@@H]1CCc2c(sc3ncn(Cc4ccc(C#N)cc4)c(=O)c23)C1. The third-order valence-corrected chi connectivity index (χ3v) is 5.88. The molecule has 1 aliphatic rings. The van der Waals surface area contributed by atoms with Gasteiger partial charge in [0.2, 0.25) is 0 Å². The Morgan fingerprint density at radius 2 is 2.17 bits per heavy atom. The normalized spacial score (nSPS) is 16.8. The van der Waals surface area contributed by atoms with Gasteiger partial charge in [-0.1, -0.05) is 19.1 Å². The molecule has 0 bridgehead atoms. The molecule has 1 aromatic carbocycles. The molecule has 0 fully saturated rings. The third kappa shape index (κ3) is 2.53. The van der Waals surface area contributed by atoms with Crippen LogP contribution in [0.4, 0.5) is 0 Å². The Morgan fingerprint density at radius 3 is 2.92 bits per heavy atom. The highest BCUT2D eigenvalue weighted by Gasteiger charge is 2.23. The van der Waals surface area contributed by atoms with Gasteiger partial charge in [0.1, 0.15) is 4.83 Å². The summed E-state index contributed by atoms with van der Waals surface area (Å²) < 4.78 is 1.68. The van der Waals surface area contributed by atoms with Crippen LogP contribution >= 0.6 is 11.3 Å². The first-order valence-electron chi connectivity index (χ1n) is 8.14. The van der Waals surface area contributed by atoms with E-state index in [4.69, 9.17) is 5.26 Å². The molecule has 3 aromatic rings. The highest BCUT2D eigenvalue weighted by molar-refractivity contribution is 7.18. The van der Waals surface area contributed by atoms with E-state index in [0.717, 1.165) is 35.0 Å². The number of thiophene rings is 1. The summed E-state index contributed by atoms with van der Waals surface area (Å²) in [7, 11) is 0. The fourth-order valence-electron chi connectivity index (χ4n) is 3.36. The highest BCUT2D eigenvalue weighted by Crippen LogP contribution is 2.35. The second kappa shape index (κ2) is 5.88. The lowest BCUT2D eigenvalue weighted by Gasteiger charge is -2.17. The zero-order chi connectivity index (χ0) is 16.7. The maximum atomic E-state index is 12.9. The van der Waals surface area contributed by atoms with E-state index < -0.39 is 0 Å². The summed E-state index contributed by atoms with van der Waals surface area (Å²) in [4.78, 5) is 19.7. The molecule has 2 heterocycles. The first-order chi connectivity index (χ1) is 11.7. The number of fused-ring (bicyclic) bond motifs is 3. The van der Waals surface area contributed by atoms with Crippen molar-refractivity contribution < 1.29 is 0 Å². The topological polar surface area (TPSA) is 58.7 Å². The fraction of sp³-hybridized carbons (Fsp3) is 0.316. The summed E-state index contributed by atoms with van der Waals surface area (Å²) in [6, 6.07) is 9.44. The molecule has 1 aliphatic carbocycles. The standard InChI is InChI=1S/C19H17N3OS/c1-12-2-7-15-16(8-12)24-18-17(15)19(23)22(11-21-18)10-14-5-3-13(9-20)4-6-14/h3-6,11-12H,2,7-8,10H2,1H3/t12-/m1/s1. The number of aromatic nitrogens is 2. The summed E-state index contributed by atoms with van der Waals surface area (Å²) in [5, 5.41) is 9.69. The van der Waals surface area contributed by atoms with Gasteiger partial charge < -0.3 is 0 Å². The van der Waals surface area contributed by atoms with E-state index in [2.05, 4.69) is 18.0 Å². The zero-order valence-electron chi connectivity index (χ0n) is 13.5. The molecule has 0 unspecified atom stereocenters. The minimum absolute atomic E-state index is 0.0522. The van der Waals surface area contributed by atoms with Crippen LogP contribution in [0.3, 0.4) is 0 Å². The number of aryl methyl sites for hydroxylation is 1. The molecule has 5 heteroatoms. The van der Waals surface area contributed by atoms with E-state index in [9.17, 15) is 4.79 Å². The van der Waals surface area contributed by atoms with Crippen LogP contribution in [-0.2, 0) is 19.4 Å². The molecule has 0 aliphatic heterocycles. The Balaban J connectivity index is 1.75. The zero-order valence-corrected chi connectivity index (χ0v) is 14.3. The second-order valence-corrected chi connectivity index (χ2v) is 7.60. The third-order valence-electron chi connectivity index (χ3n) is 4.72. The van der Waals surface area contributed by atoms with Gasteiger partial charge in [0.15, 0.2) is 0 Å². The van der Waals surface area contributed by atoms with Crippen LogP contribution in [0.15, 0.2) is 35.4 Å². The summed E-state index contributed by atoms with van der Waals surface area (Å²) in [5.74, 6) is 0.687. The first kappa shape index (κ1) is 15.1. The van der Waals surface area contributed by atoms with Gasteiger partial charge in [-0.2, -0.15) is 5.26 Å². The number of nitrogens with zero attached hydrogens (tertiary/aromatic N) is 3. The van der Waals surface area contributed by atoms with Crippen LogP contribution in [0.25, 0.3) is 10.2 Å². The van der Waals surface area contributed by atoms with Gasteiger partial charge in [-0.3, -0.25) is 9.36 Å². The maximum Gasteiger partial charge on any atom is 0.262 e. The molecule has 1 atom stereocenters. The van der Waals surface area contributed by atoms with Gasteiger partial charge in [-0.25, -0.2) is 4.98 Å². The van der Waals surface area contributed by atoms with Crippen LogP contribution in [0.1, 0.15) is 34.9 Å². The molecule has 0 saturated carbocycles. The highest BCUT2D eigenvalue weighted by atomic mass is 32.1. The molecule has 0 saturated heterocycles. The van der Waals surface area contributed by atoms with Crippen molar-refractivity contribution in [1.29, 1.82) is 5.26 Å². The molecule has 4 nitrogen and oxygen atoms in total. The Hall–Kier alpha value is -2.45. The van der Waals surface area contributed by atoms with Gasteiger partial charge in [-0.05, 0) is 48.4 Å². The van der Waals surface area contributed by atoms with Crippen LogP contribution < -0.4 is 5.56 Å². The molecule has 4 rings (SSSR count). The number of rotatable bonds is 2. The van der Waals surface area contributed by atoms with Crippen LogP contribution in [0, 0.1) is 17.2 Å². The van der Waals surface area contributed by atoms with Crippen molar-refractivity contribution in [2.45, 2.75) is 32.7 Å². The van der Waals surface area contributed by atoms with Gasteiger partial charge in [-0.15, -0.1) is 11.3 Å². The molecule has 0 N–H and O–H groups in total. The summed E-state index contributed by atoms with van der Waals surface area (Å²) in [6.45, 7) is 2.75. The average molecular weight is 335 g/mol. The molecular formula is C19H17N3OS. The molecule has 0 amide bonds. The number of hydrogen-bond acceptors (Lipinski definition) is 4. The van der Waals surface area contributed by atoms with Crippen molar-refractivity contribution >= 4 is 21.6 Å². The van der Waals surface area contributed by atoms with Crippen molar-refractivity contribution in [3.8, 4) is 6.07 Å². The number of nitriles is 1. The molecule has 0 radical (unpaired) electrons. The Bertz CT molecular complexity index is 1010. The van der Waals surface area contributed by atoms with Crippen LogP contribution in [0.5, 0.6) is 0 Å². The Labute approximate surface area is 144 Å². The van der Waals surface area contributed by atoms with Crippen molar-refractivity contribution in [3.05, 3.63) is 62.5 Å². The molecular weight excluding hydrogens is 318 g/mol.